The molecule has 137 valence electrons. The molecule has 0 unspecified atom stereocenters. The summed E-state index contributed by atoms with van der Waals surface area (Å²) in [5.41, 5.74) is 0.0170. The zero-order chi connectivity index (χ0) is 19.3. The molecule has 0 atom stereocenters. The topological polar surface area (TPSA) is 9.23 Å². The first kappa shape index (κ1) is 19.0. The van der Waals surface area contributed by atoms with Gasteiger partial charge in [-0.1, -0.05) is 83.2 Å². The van der Waals surface area contributed by atoms with Crippen molar-refractivity contribution in [2.45, 2.75) is 12.3 Å². The number of hydrogen-bond acceptors (Lipinski definition) is 1. The lowest BCUT2D eigenvalue weighted by Crippen LogP contribution is -2.54. The van der Waals surface area contributed by atoms with E-state index in [-0.39, 0.29) is 5.56 Å². The van der Waals surface area contributed by atoms with Crippen molar-refractivity contribution in [1.82, 2.24) is 0 Å². The lowest BCUT2D eigenvalue weighted by atomic mass is 10.1. The second-order valence-electron chi connectivity index (χ2n) is 6.22. The molecule has 0 saturated heterocycles. The van der Waals surface area contributed by atoms with Crippen molar-refractivity contribution in [3.05, 3.63) is 97.1 Å². The maximum atomic E-state index is 15.0. The van der Waals surface area contributed by atoms with Gasteiger partial charge in [-0.15, -0.1) is 6.58 Å². The van der Waals surface area contributed by atoms with Crippen LogP contribution in [0.15, 0.2) is 91.5 Å². The molecule has 3 rings (SSSR count). The maximum Gasteiger partial charge on any atom is 0.276 e. The number of rotatable bonds is 7. The molecule has 1 radical (unpaired) electrons. The number of ether oxygens (including phenoxy) is 1. The van der Waals surface area contributed by atoms with E-state index in [0.29, 0.717) is 10.9 Å². The van der Waals surface area contributed by atoms with Crippen molar-refractivity contribution in [3.63, 3.8) is 0 Å². The zero-order valence-corrected chi connectivity index (χ0v) is 16.2. The molecular weight excluding hydrogens is 358 g/mol. The van der Waals surface area contributed by atoms with Crippen LogP contribution in [0.2, 0.25) is 0 Å². The highest BCUT2D eigenvalue weighted by molar-refractivity contribution is 6.95. The number of alkyl halides is 2. The van der Waals surface area contributed by atoms with E-state index in [1.165, 1.54) is 19.3 Å². The second kappa shape index (κ2) is 8.31. The van der Waals surface area contributed by atoms with Crippen LogP contribution < -0.4 is 20.3 Å². The van der Waals surface area contributed by atoms with Crippen LogP contribution in [-0.4, -0.2) is 15.9 Å². The van der Waals surface area contributed by atoms with Crippen molar-refractivity contribution in [2.24, 2.45) is 0 Å². The minimum Gasteiger partial charge on any atom is -0.497 e. The predicted octanol–water partition coefficient (Wildman–Crippen LogP) is 3.88. The van der Waals surface area contributed by atoms with Gasteiger partial charge in [0, 0.05) is 12.0 Å². The van der Waals surface area contributed by atoms with E-state index in [1.54, 1.807) is 12.1 Å². The summed E-state index contributed by atoms with van der Waals surface area (Å²) in [5.74, 6) is -2.58. The van der Waals surface area contributed by atoms with Gasteiger partial charge in [-0.3, -0.25) is 0 Å². The number of hydrogen-bond donors (Lipinski definition) is 0. The minimum absolute atomic E-state index is 0.0170. The fourth-order valence-electron chi connectivity index (χ4n) is 3.15. The van der Waals surface area contributed by atoms with E-state index in [1.807, 2.05) is 60.7 Å². The molecule has 0 aliphatic heterocycles. The molecule has 0 N–H and O–H groups in total. The highest BCUT2D eigenvalue weighted by Crippen LogP contribution is 2.33. The summed E-state index contributed by atoms with van der Waals surface area (Å²) in [6, 6.07) is 24.8. The van der Waals surface area contributed by atoms with Gasteiger partial charge in [0.1, 0.15) is 5.75 Å². The summed E-state index contributed by atoms with van der Waals surface area (Å²) >= 11 is 0. The fourth-order valence-corrected chi connectivity index (χ4v) is 5.93. The molecule has 0 saturated carbocycles. The molecule has 0 bridgehead atoms. The van der Waals surface area contributed by atoms with E-state index in [0.717, 1.165) is 10.4 Å². The molecule has 0 spiro atoms. The van der Waals surface area contributed by atoms with Crippen molar-refractivity contribution in [2.75, 3.05) is 7.11 Å². The van der Waals surface area contributed by atoms with E-state index >= 15 is 8.78 Å². The Balaban J connectivity index is 2.25. The Morgan fingerprint density at radius 3 is 1.96 bits per heavy atom. The molecule has 3 aromatic rings. The molecule has 3 aromatic carbocycles. The Labute approximate surface area is 160 Å². The molecular formula is C23H21F2OSi. The highest BCUT2D eigenvalue weighted by atomic mass is 28.3. The summed E-state index contributed by atoms with van der Waals surface area (Å²) in [6.07, 6.45) is 0.854. The highest BCUT2D eigenvalue weighted by Gasteiger charge is 2.36. The first-order valence-electron chi connectivity index (χ1n) is 8.72. The SMILES string of the molecule is C=CCC(F)(F)c1cc(OC)ccc1[Si](c1ccccc1)c1ccccc1. The summed E-state index contributed by atoms with van der Waals surface area (Å²) in [4.78, 5) is 0. The Bertz CT molecular complexity index is 855. The molecule has 0 fully saturated rings. The molecule has 0 aliphatic rings. The lowest BCUT2D eigenvalue weighted by molar-refractivity contribution is 0.0000111. The van der Waals surface area contributed by atoms with Crippen LogP contribution >= 0.6 is 0 Å². The van der Waals surface area contributed by atoms with E-state index in [2.05, 4.69) is 6.58 Å². The first-order valence-corrected chi connectivity index (χ1v) is 10.2. The molecule has 0 aromatic heterocycles. The Kier molecular flexibility index (Phi) is 5.87. The van der Waals surface area contributed by atoms with Crippen LogP contribution in [0.4, 0.5) is 8.78 Å². The number of halogens is 2. The summed E-state index contributed by atoms with van der Waals surface area (Å²) in [7, 11) is -0.111. The van der Waals surface area contributed by atoms with Crippen LogP contribution in [0, 0.1) is 0 Å². The van der Waals surface area contributed by atoms with Gasteiger partial charge in [-0.05, 0) is 17.3 Å². The van der Waals surface area contributed by atoms with Crippen LogP contribution in [-0.2, 0) is 5.92 Å². The Morgan fingerprint density at radius 2 is 1.48 bits per heavy atom. The third kappa shape index (κ3) is 4.17. The van der Waals surface area contributed by atoms with E-state index in [4.69, 9.17) is 4.74 Å². The van der Waals surface area contributed by atoms with Crippen molar-refractivity contribution < 1.29 is 13.5 Å². The summed E-state index contributed by atoms with van der Waals surface area (Å²) in [5, 5.41) is 2.80. The zero-order valence-electron chi connectivity index (χ0n) is 15.2. The van der Waals surface area contributed by atoms with Crippen molar-refractivity contribution in [3.8, 4) is 5.75 Å². The van der Waals surface area contributed by atoms with Gasteiger partial charge in [-0.2, -0.15) is 0 Å². The molecule has 0 amide bonds. The van der Waals surface area contributed by atoms with Crippen LogP contribution in [0.3, 0.4) is 0 Å². The van der Waals surface area contributed by atoms with Gasteiger partial charge >= 0.3 is 0 Å². The number of allylic oxidation sites excluding steroid dienone is 1. The largest absolute Gasteiger partial charge is 0.497 e. The first-order chi connectivity index (χ1) is 13.1. The van der Waals surface area contributed by atoms with Gasteiger partial charge in [0.2, 0.25) is 0 Å². The third-order valence-corrected chi connectivity index (χ3v) is 7.21. The summed E-state index contributed by atoms with van der Waals surface area (Å²) < 4.78 is 35.3. The van der Waals surface area contributed by atoms with Crippen molar-refractivity contribution >= 4 is 24.4 Å². The minimum atomic E-state index is -3.01. The average molecular weight is 380 g/mol. The smallest absolute Gasteiger partial charge is 0.276 e. The van der Waals surface area contributed by atoms with Gasteiger partial charge in [0.05, 0.1) is 7.11 Å². The van der Waals surface area contributed by atoms with E-state index in [9.17, 15) is 0 Å². The molecule has 4 heteroatoms. The van der Waals surface area contributed by atoms with Crippen LogP contribution in [0.1, 0.15) is 12.0 Å². The van der Waals surface area contributed by atoms with Crippen molar-refractivity contribution in [1.29, 1.82) is 0 Å². The van der Waals surface area contributed by atoms with E-state index < -0.39 is 21.1 Å². The lowest BCUT2D eigenvalue weighted by Gasteiger charge is -2.25. The third-order valence-electron chi connectivity index (χ3n) is 4.42. The van der Waals surface area contributed by atoms with Crippen LogP contribution in [0.25, 0.3) is 0 Å². The standard InChI is InChI=1S/C23H21F2OSi/c1-3-16-23(24,25)21-17-18(26-2)14-15-22(21)27(19-10-6-4-7-11-19)20-12-8-5-9-13-20/h3-15,17H,1,16H2,2H3. The molecule has 0 aliphatic carbocycles. The van der Waals surface area contributed by atoms with Gasteiger partial charge < -0.3 is 4.74 Å². The maximum absolute atomic E-state index is 15.0. The quantitative estimate of drug-likeness (QED) is 0.344. The normalized spacial score (nSPS) is 11.4. The predicted molar refractivity (Wildman–Crippen MR) is 109 cm³/mol. The number of benzene rings is 3. The van der Waals surface area contributed by atoms with Crippen LogP contribution in [0.5, 0.6) is 5.75 Å². The fraction of sp³-hybridized carbons (Fsp3) is 0.130. The molecule has 27 heavy (non-hydrogen) atoms. The molecule has 1 nitrogen and oxygen atoms in total. The summed E-state index contributed by atoms with van der Waals surface area (Å²) in [6.45, 7) is 3.50. The second-order valence-corrected chi connectivity index (χ2v) is 8.66. The Hall–Kier alpha value is -2.72. The number of methoxy groups -OCH3 is 1. The Morgan fingerprint density at radius 1 is 0.926 bits per heavy atom. The monoisotopic (exact) mass is 379 g/mol. The molecule has 0 heterocycles. The average Bonchev–Trinajstić information content (AvgIpc) is 2.70. The van der Waals surface area contributed by atoms with Gasteiger partial charge in [0.25, 0.3) is 5.92 Å². The van der Waals surface area contributed by atoms with Gasteiger partial charge in [0.15, 0.2) is 8.80 Å². The van der Waals surface area contributed by atoms with Gasteiger partial charge in [-0.25, -0.2) is 8.78 Å².